The van der Waals surface area contributed by atoms with Gasteiger partial charge in [-0.15, -0.1) is 0 Å². The number of aromatic nitrogens is 1. The largest absolute Gasteiger partial charge is 0.397 e. The van der Waals surface area contributed by atoms with Crippen LogP contribution in [0.15, 0.2) is 16.7 Å². The van der Waals surface area contributed by atoms with Gasteiger partial charge in [0.05, 0.1) is 15.2 Å². The molecule has 0 radical (unpaired) electrons. The summed E-state index contributed by atoms with van der Waals surface area (Å²) in [6.07, 6.45) is 1.17. The molecule has 1 saturated heterocycles. The first-order valence-electron chi connectivity index (χ1n) is 6.64. The van der Waals surface area contributed by atoms with Gasteiger partial charge in [-0.2, -0.15) is 0 Å². The van der Waals surface area contributed by atoms with Crippen LogP contribution in [-0.4, -0.2) is 22.9 Å². The molecule has 0 saturated carbocycles. The smallest absolute Gasteiger partial charge is 0.160 e. The van der Waals surface area contributed by atoms with E-state index in [1.807, 2.05) is 39.8 Å². The fourth-order valence-corrected chi connectivity index (χ4v) is 5.80. The van der Waals surface area contributed by atoms with E-state index >= 15 is 0 Å². The molecule has 0 aliphatic carbocycles. The number of pyridine rings is 1. The van der Waals surface area contributed by atoms with Gasteiger partial charge in [-0.05, 0) is 68.6 Å². The van der Waals surface area contributed by atoms with Crippen molar-refractivity contribution in [1.29, 1.82) is 0 Å². The average Bonchev–Trinajstić information content (AvgIpc) is 2.29. The molecule has 0 amide bonds. The first kappa shape index (κ1) is 15.8. The van der Waals surface area contributed by atoms with Crippen molar-refractivity contribution < 1.29 is 8.42 Å². The van der Waals surface area contributed by atoms with Crippen LogP contribution < -0.4 is 5.73 Å². The summed E-state index contributed by atoms with van der Waals surface area (Å²) in [4.78, 5) is 4.47. The monoisotopic (exact) mass is 360 g/mol. The van der Waals surface area contributed by atoms with Crippen LogP contribution in [0.2, 0.25) is 0 Å². The molecule has 4 nitrogen and oxygen atoms in total. The minimum atomic E-state index is -3.16. The van der Waals surface area contributed by atoms with E-state index in [0.29, 0.717) is 23.1 Å². The lowest BCUT2D eigenvalue weighted by atomic mass is 9.85. The molecule has 0 spiro atoms. The van der Waals surface area contributed by atoms with Gasteiger partial charge >= 0.3 is 0 Å². The third kappa shape index (κ3) is 2.37. The highest BCUT2D eigenvalue weighted by Crippen LogP contribution is 2.47. The molecule has 2 rings (SSSR count). The van der Waals surface area contributed by atoms with Crippen LogP contribution in [0.25, 0.3) is 0 Å². The highest BCUT2D eigenvalue weighted by atomic mass is 79.9. The van der Waals surface area contributed by atoms with E-state index < -0.39 is 19.3 Å². The summed E-state index contributed by atoms with van der Waals surface area (Å²) in [5.41, 5.74) is 7.26. The van der Waals surface area contributed by atoms with Crippen LogP contribution in [0, 0.1) is 0 Å². The van der Waals surface area contributed by atoms with Gasteiger partial charge < -0.3 is 5.73 Å². The molecule has 1 aromatic rings. The van der Waals surface area contributed by atoms with Gasteiger partial charge in [-0.25, -0.2) is 13.4 Å². The Balaban J connectivity index is 2.44. The number of rotatable bonds is 1. The van der Waals surface area contributed by atoms with Gasteiger partial charge in [0.2, 0.25) is 0 Å². The van der Waals surface area contributed by atoms with Gasteiger partial charge in [0, 0.05) is 11.6 Å². The molecule has 2 N–H and O–H groups in total. The van der Waals surface area contributed by atoms with Crippen LogP contribution in [-0.2, 0) is 9.84 Å². The van der Waals surface area contributed by atoms with Gasteiger partial charge in [0.25, 0.3) is 0 Å². The van der Waals surface area contributed by atoms with Crippen LogP contribution in [0.5, 0.6) is 0 Å². The minimum absolute atomic E-state index is 0.125. The highest BCUT2D eigenvalue weighted by Gasteiger charge is 2.52. The molecule has 112 valence electrons. The summed E-state index contributed by atoms with van der Waals surface area (Å²) in [5.74, 6) is 0.125. The Morgan fingerprint density at radius 2 is 1.70 bits per heavy atom. The maximum atomic E-state index is 12.6. The van der Waals surface area contributed by atoms with E-state index in [1.54, 1.807) is 0 Å². The zero-order chi connectivity index (χ0) is 15.3. The Labute approximate surface area is 129 Å². The fourth-order valence-electron chi connectivity index (χ4n) is 3.12. The maximum absolute atomic E-state index is 12.6. The number of sulfone groups is 1. The number of nitrogens with two attached hydrogens (primary N) is 1. The first-order valence-corrected chi connectivity index (χ1v) is 8.92. The summed E-state index contributed by atoms with van der Waals surface area (Å²) < 4.78 is 24.4. The van der Waals surface area contributed by atoms with Gasteiger partial charge in [0.15, 0.2) is 9.84 Å². The number of hydrogen-bond acceptors (Lipinski definition) is 4. The molecular weight excluding hydrogens is 340 g/mol. The molecule has 6 heteroatoms. The molecular formula is C14H21BrN2O2S. The Morgan fingerprint density at radius 1 is 1.20 bits per heavy atom. The zero-order valence-electron chi connectivity index (χ0n) is 12.3. The van der Waals surface area contributed by atoms with Crippen molar-refractivity contribution in [3.05, 3.63) is 22.4 Å². The number of hydrogen-bond donors (Lipinski definition) is 1. The summed E-state index contributed by atoms with van der Waals surface area (Å²) in [7, 11) is -3.16. The molecule has 1 aliphatic heterocycles. The zero-order valence-corrected chi connectivity index (χ0v) is 14.7. The SMILES string of the molecule is CC1(C)CC(c2ccc(N)c(Br)n2)CC(C)(C)S1(=O)=O. The normalized spacial score (nSPS) is 24.4. The van der Waals surface area contributed by atoms with E-state index in [4.69, 9.17) is 5.73 Å². The number of anilines is 1. The standard InChI is InChI=1S/C14H21BrN2O2S/c1-13(2)7-9(8-14(3,4)20(13,18)19)11-6-5-10(16)12(15)17-11/h5-6,9H,7-8,16H2,1-4H3. The first-order chi connectivity index (χ1) is 8.98. The fraction of sp³-hybridized carbons (Fsp3) is 0.643. The van der Waals surface area contributed by atoms with Crippen molar-refractivity contribution in [1.82, 2.24) is 4.98 Å². The molecule has 1 aromatic heterocycles. The summed E-state index contributed by atoms with van der Waals surface area (Å²) in [6, 6.07) is 3.71. The van der Waals surface area contributed by atoms with E-state index in [-0.39, 0.29) is 5.92 Å². The molecule has 0 aromatic carbocycles. The van der Waals surface area contributed by atoms with Crippen molar-refractivity contribution in [2.45, 2.75) is 55.9 Å². The third-order valence-electron chi connectivity index (χ3n) is 4.25. The van der Waals surface area contributed by atoms with Crippen molar-refractivity contribution >= 4 is 31.5 Å². The van der Waals surface area contributed by atoms with Crippen molar-refractivity contribution in [2.24, 2.45) is 0 Å². The summed E-state index contributed by atoms with van der Waals surface area (Å²) >= 11 is 3.34. The number of nitrogen functional groups attached to an aromatic ring is 1. The topological polar surface area (TPSA) is 73.0 Å². The average molecular weight is 361 g/mol. The Hall–Kier alpha value is -0.620. The van der Waals surface area contributed by atoms with Crippen LogP contribution in [0.1, 0.15) is 52.1 Å². The predicted molar refractivity (Wildman–Crippen MR) is 85.4 cm³/mol. The lowest BCUT2D eigenvalue weighted by molar-refractivity contribution is 0.373. The molecule has 20 heavy (non-hydrogen) atoms. The molecule has 0 atom stereocenters. The van der Waals surface area contributed by atoms with Crippen LogP contribution >= 0.6 is 15.9 Å². The molecule has 1 aliphatic rings. The van der Waals surface area contributed by atoms with Crippen LogP contribution in [0.4, 0.5) is 5.69 Å². The predicted octanol–water partition coefficient (Wildman–Crippen LogP) is 3.28. The van der Waals surface area contributed by atoms with E-state index in [0.717, 1.165) is 5.69 Å². The van der Waals surface area contributed by atoms with E-state index in [2.05, 4.69) is 20.9 Å². The van der Waals surface area contributed by atoms with Gasteiger partial charge in [-0.3, -0.25) is 0 Å². The quantitative estimate of drug-likeness (QED) is 0.779. The minimum Gasteiger partial charge on any atom is -0.397 e. The lowest BCUT2D eigenvalue weighted by Crippen LogP contribution is -2.51. The second-order valence-electron chi connectivity index (χ2n) is 6.74. The number of halogens is 1. The summed E-state index contributed by atoms with van der Waals surface area (Å²) in [6.45, 7) is 7.23. The molecule has 0 unspecified atom stereocenters. The second-order valence-corrected chi connectivity index (χ2v) is 10.7. The van der Waals surface area contributed by atoms with Gasteiger partial charge in [0.1, 0.15) is 4.60 Å². The Morgan fingerprint density at radius 3 is 2.15 bits per heavy atom. The molecule has 1 fully saturated rings. The maximum Gasteiger partial charge on any atom is 0.160 e. The van der Waals surface area contributed by atoms with E-state index in [9.17, 15) is 8.42 Å². The highest BCUT2D eigenvalue weighted by molar-refractivity contribution is 9.10. The Kier molecular flexibility index (Phi) is 3.70. The van der Waals surface area contributed by atoms with Crippen LogP contribution in [0.3, 0.4) is 0 Å². The molecule has 0 bridgehead atoms. The van der Waals surface area contributed by atoms with Crippen molar-refractivity contribution in [2.75, 3.05) is 5.73 Å². The van der Waals surface area contributed by atoms with E-state index in [1.165, 1.54) is 0 Å². The Bertz CT molecular complexity index is 615. The lowest BCUT2D eigenvalue weighted by Gasteiger charge is -2.44. The summed E-state index contributed by atoms with van der Waals surface area (Å²) in [5, 5.41) is 0. The second kappa shape index (κ2) is 4.70. The van der Waals surface area contributed by atoms with Crippen molar-refractivity contribution in [3.63, 3.8) is 0 Å². The van der Waals surface area contributed by atoms with Gasteiger partial charge in [-0.1, -0.05) is 0 Å². The third-order valence-corrected chi connectivity index (χ3v) is 8.13. The van der Waals surface area contributed by atoms with Crippen molar-refractivity contribution in [3.8, 4) is 0 Å². The molecule has 2 heterocycles. The number of nitrogens with zero attached hydrogens (tertiary/aromatic N) is 1.